The summed E-state index contributed by atoms with van der Waals surface area (Å²) in [5.41, 5.74) is 7.82. The highest BCUT2D eigenvalue weighted by Crippen LogP contribution is 2.42. The summed E-state index contributed by atoms with van der Waals surface area (Å²) in [7, 11) is 0. The molecule has 1 atom stereocenters. The Hall–Kier alpha value is -2.36. The molecule has 0 spiro atoms. The fourth-order valence-electron chi connectivity index (χ4n) is 4.02. The standard InChI is InChI=1S/C24H22Cl2FN3O3S/c1-13(20-17(25)3-4-18(27)21(20)26)33-23-22-15(10-29-24(23)28)16(12-32-22)19-5-2-14(34-19)11-30-6-8-31-9-7-30/h2-5,10,12-13H,6-9,11H2,1H3,(H2,28,29). The number of fused-ring (bicyclic) bond motifs is 1. The summed E-state index contributed by atoms with van der Waals surface area (Å²) in [6, 6.07) is 6.87. The topological polar surface area (TPSA) is 73.8 Å². The zero-order valence-corrected chi connectivity index (χ0v) is 20.6. The number of thiophene rings is 1. The van der Waals surface area contributed by atoms with Crippen LogP contribution in [-0.2, 0) is 11.3 Å². The van der Waals surface area contributed by atoms with E-state index >= 15 is 0 Å². The lowest BCUT2D eigenvalue weighted by Gasteiger charge is -2.25. The van der Waals surface area contributed by atoms with Crippen molar-refractivity contribution in [2.45, 2.75) is 19.6 Å². The zero-order chi connectivity index (χ0) is 23.8. The number of nitrogens with two attached hydrogens (primary N) is 1. The third-order valence-electron chi connectivity index (χ3n) is 5.79. The average Bonchev–Trinajstić information content (AvgIpc) is 3.46. The predicted octanol–water partition coefficient (Wildman–Crippen LogP) is 6.56. The fraction of sp³-hybridized carbons (Fsp3) is 0.292. The van der Waals surface area contributed by atoms with E-state index in [2.05, 4.69) is 22.0 Å². The van der Waals surface area contributed by atoms with E-state index in [4.69, 9.17) is 42.8 Å². The molecular weight excluding hydrogens is 500 g/mol. The van der Waals surface area contributed by atoms with Crippen molar-refractivity contribution < 1.29 is 18.3 Å². The smallest absolute Gasteiger partial charge is 0.205 e. The van der Waals surface area contributed by atoms with Gasteiger partial charge in [0.1, 0.15) is 18.2 Å². The molecule has 0 radical (unpaired) electrons. The van der Waals surface area contributed by atoms with Crippen LogP contribution in [-0.4, -0.2) is 36.2 Å². The van der Waals surface area contributed by atoms with Crippen molar-refractivity contribution in [1.29, 1.82) is 0 Å². The number of hydrogen-bond donors (Lipinski definition) is 1. The van der Waals surface area contributed by atoms with E-state index in [0.29, 0.717) is 16.2 Å². The number of pyridine rings is 1. The van der Waals surface area contributed by atoms with Crippen LogP contribution in [0.3, 0.4) is 0 Å². The van der Waals surface area contributed by atoms with E-state index in [9.17, 15) is 4.39 Å². The van der Waals surface area contributed by atoms with Gasteiger partial charge in [-0.1, -0.05) is 23.2 Å². The number of aromatic nitrogens is 1. The molecule has 1 saturated heterocycles. The maximum absolute atomic E-state index is 14.0. The summed E-state index contributed by atoms with van der Waals surface area (Å²) in [5, 5.41) is 0.974. The van der Waals surface area contributed by atoms with E-state index in [1.165, 1.54) is 17.0 Å². The van der Waals surface area contributed by atoms with Crippen LogP contribution in [0.5, 0.6) is 5.75 Å². The number of anilines is 1. The van der Waals surface area contributed by atoms with Crippen LogP contribution in [0.25, 0.3) is 21.4 Å². The molecular formula is C24H22Cl2FN3O3S. The fourth-order valence-corrected chi connectivity index (χ4v) is 5.77. The Balaban J connectivity index is 1.44. The van der Waals surface area contributed by atoms with Crippen LogP contribution < -0.4 is 10.5 Å². The van der Waals surface area contributed by atoms with Crippen molar-refractivity contribution in [2.24, 2.45) is 0 Å². The minimum Gasteiger partial charge on any atom is -0.478 e. The number of morpholine rings is 1. The van der Waals surface area contributed by atoms with Crippen molar-refractivity contribution >= 4 is 51.3 Å². The van der Waals surface area contributed by atoms with Crippen molar-refractivity contribution in [2.75, 3.05) is 32.0 Å². The summed E-state index contributed by atoms with van der Waals surface area (Å²) in [6.07, 6.45) is 2.65. The van der Waals surface area contributed by atoms with Crippen molar-refractivity contribution in [3.05, 3.63) is 63.0 Å². The molecule has 0 saturated carbocycles. The van der Waals surface area contributed by atoms with E-state index in [-0.39, 0.29) is 16.6 Å². The highest BCUT2D eigenvalue weighted by atomic mass is 35.5. The molecule has 0 amide bonds. The Bertz CT molecular complexity index is 1340. The number of halogens is 3. The molecule has 0 bridgehead atoms. The highest BCUT2D eigenvalue weighted by Gasteiger charge is 2.23. The second kappa shape index (κ2) is 9.71. The number of nitrogen functional groups attached to an aromatic ring is 1. The first kappa shape index (κ1) is 23.4. The Morgan fingerprint density at radius 3 is 2.82 bits per heavy atom. The van der Waals surface area contributed by atoms with Gasteiger partial charge in [0.05, 0.1) is 23.6 Å². The molecule has 1 unspecified atom stereocenters. The largest absolute Gasteiger partial charge is 0.478 e. The molecule has 34 heavy (non-hydrogen) atoms. The predicted molar refractivity (Wildman–Crippen MR) is 133 cm³/mol. The second-order valence-electron chi connectivity index (χ2n) is 8.04. The van der Waals surface area contributed by atoms with Crippen LogP contribution in [0.15, 0.2) is 41.1 Å². The number of rotatable bonds is 6. The van der Waals surface area contributed by atoms with Gasteiger partial charge in [-0.2, -0.15) is 0 Å². The molecule has 2 N–H and O–H groups in total. The van der Waals surface area contributed by atoms with Crippen molar-refractivity contribution in [1.82, 2.24) is 9.88 Å². The van der Waals surface area contributed by atoms with Gasteiger partial charge in [-0.15, -0.1) is 11.3 Å². The van der Waals surface area contributed by atoms with Gasteiger partial charge in [-0.25, -0.2) is 9.37 Å². The van der Waals surface area contributed by atoms with Crippen molar-refractivity contribution in [3.8, 4) is 16.2 Å². The molecule has 5 rings (SSSR count). The first-order valence-corrected chi connectivity index (χ1v) is 12.3. The third-order valence-corrected chi connectivity index (χ3v) is 7.61. The highest BCUT2D eigenvalue weighted by molar-refractivity contribution is 7.15. The van der Waals surface area contributed by atoms with Gasteiger partial charge in [0, 0.05) is 51.7 Å². The zero-order valence-electron chi connectivity index (χ0n) is 18.3. The van der Waals surface area contributed by atoms with Crippen LogP contribution in [0.2, 0.25) is 10.0 Å². The van der Waals surface area contributed by atoms with E-state index in [0.717, 1.165) is 48.7 Å². The van der Waals surface area contributed by atoms with E-state index in [1.54, 1.807) is 30.7 Å². The molecule has 10 heteroatoms. The molecule has 4 aromatic rings. The molecule has 178 valence electrons. The lowest BCUT2D eigenvalue weighted by molar-refractivity contribution is 0.0346. The summed E-state index contributed by atoms with van der Waals surface area (Å²) < 4.78 is 31.4. The van der Waals surface area contributed by atoms with Gasteiger partial charge in [0.2, 0.25) is 5.75 Å². The maximum atomic E-state index is 14.0. The summed E-state index contributed by atoms with van der Waals surface area (Å²) in [4.78, 5) is 9.01. The average molecular weight is 522 g/mol. The van der Waals surface area contributed by atoms with Crippen LogP contribution >= 0.6 is 34.5 Å². The molecule has 1 fully saturated rings. The lowest BCUT2D eigenvalue weighted by Crippen LogP contribution is -2.35. The van der Waals surface area contributed by atoms with Gasteiger partial charge in [0.25, 0.3) is 0 Å². The van der Waals surface area contributed by atoms with Crippen LogP contribution in [0.1, 0.15) is 23.5 Å². The summed E-state index contributed by atoms with van der Waals surface area (Å²) >= 11 is 14.1. The Morgan fingerprint density at radius 1 is 1.24 bits per heavy atom. The molecule has 1 aliphatic rings. The van der Waals surface area contributed by atoms with Crippen molar-refractivity contribution in [3.63, 3.8) is 0 Å². The lowest BCUT2D eigenvalue weighted by atomic mass is 10.1. The molecule has 1 aromatic carbocycles. The molecule has 0 aliphatic carbocycles. The molecule has 6 nitrogen and oxygen atoms in total. The summed E-state index contributed by atoms with van der Waals surface area (Å²) in [5.74, 6) is -0.160. The monoisotopic (exact) mass is 521 g/mol. The Kier molecular flexibility index (Phi) is 6.68. The molecule has 3 aromatic heterocycles. The first-order chi connectivity index (χ1) is 16.4. The van der Waals surface area contributed by atoms with E-state index < -0.39 is 11.9 Å². The van der Waals surface area contributed by atoms with Crippen LogP contribution in [0, 0.1) is 5.82 Å². The Morgan fingerprint density at radius 2 is 2.03 bits per heavy atom. The van der Waals surface area contributed by atoms with Gasteiger partial charge >= 0.3 is 0 Å². The number of nitrogens with zero attached hydrogens (tertiary/aromatic N) is 2. The number of benzene rings is 1. The maximum Gasteiger partial charge on any atom is 0.205 e. The summed E-state index contributed by atoms with van der Waals surface area (Å²) in [6.45, 7) is 6.00. The first-order valence-electron chi connectivity index (χ1n) is 10.8. The number of furan rings is 1. The number of hydrogen-bond acceptors (Lipinski definition) is 7. The second-order valence-corrected chi connectivity index (χ2v) is 9.99. The van der Waals surface area contributed by atoms with Gasteiger partial charge < -0.3 is 19.6 Å². The minimum atomic E-state index is -0.694. The Labute approximate surface area is 210 Å². The third kappa shape index (κ3) is 4.48. The van der Waals surface area contributed by atoms with E-state index in [1.807, 2.05) is 0 Å². The normalized spacial score (nSPS) is 15.6. The molecule has 1 aliphatic heterocycles. The SMILES string of the molecule is CC(Oc1c(N)ncc2c(-c3ccc(CN4CCOCC4)s3)coc12)c1c(Cl)ccc(F)c1Cl. The van der Waals surface area contributed by atoms with Gasteiger partial charge in [0.15, 0.2) is 11.4 Å². The minimum absolute atomic E-state index is 0.0924. The number of ether oxygens (including phenoxy) is 2. The quantitative estimate of drug-likeness (QED) is 0.289. The van der Waals surface area contributed by atoms with Gasteiger partial charge in [-0.05, 0) is 31.2 Å². The van der Waals surface area contributed by atoms with Crippen LogP contribution in [0.4, 0.5) is 10.2 Å². The van der Waals surface area contributed by atoms with Gasteiger partial charge in [-0.3, -0.25) is 4.90 Å². The molecule has 4 heterocycles.